The molecule has 25 heavy (non-hydrogen) atoms. The summed E-state index contributed by atoms with van der Waals surface area (Å²) in [7, 11) is 0. The van der Waals surface area contributed by atoms with E-state index in [0.29, 0.717) is 28.6 Å². The van der Waals surface area contributed by atoms with E-state index in [4.69, 9.17) is 55.9 Å². The van der Waals surface area contributed by atoms with Gasteiger partial charge in [-0.1, -0.05) is 58.5 Å². The van der Waals surface area contributed by atoms with Gasteiger partial charge in [0.15, 0.2) is 0 Å². The van der Waals surface area contributed by atoms with Crippen LogP contribution in [-0.2, 0) is 11.3 Å². The first-order valence-corrected chi connectivity index (χ1v) is 8.89. The maximum atomic E-state index is 12.5. The van der Waals surface area contributed by atoms with E-state index in [0.717, 1.165) is 11.1 Å². The number of alkyl halides is 3. The van der Waals surface area contributed by atoms with Gasteiger partial charge < -0.3 is 9.47 Å². The van der Waals surface area contributed by atoms with Crippen LogP contribution >= 0.6 is 46.4 Å². The first kappa shape index (κ1) is 17.1. The van der Waals surface area contributed by atoms with Crippen molar-refractivity contribution in [2.24, 2.45) is 0 Å². The van der Waals surface area contributed by atoms with E-state index in [-0.39, 0.29) is 0 Å². The molecule has 2 heterocycles. The maximum Gasteiger partial charge on any atom is 0.390 e. The van der Waals surface area contributed by atoms with Gasteiger partial charge in [0.05, 0.1) is 17.8 Å². The highest BCUT2D eigenvalue weighted by Crippen LogP contribution is 2.53. The minimum Gasteiger partial charge on any atom is -0.431 e. The molecule has 0 bridgehead atoms. The van der Waals surface area contributed by atoms with Crippen LogP contribution in [-0.4, -0.2) is 15.7 Å². The molecule has 2 aromatic rings. The van der Waals surface area contributed by atoms with Crippen LogP contribution in [0.4, 0.5) is 5.69 Å². The van der Waals surface area contributed by atoms with Gasteiger partial charge in [0.1, 0.15) is 5.75 Å². The molecule has 0 N–H and O–H groups in total. The van der Waals surface area contributed by atoms with Crippen molar-refractivity contribution in [3.8, 4) is 5.75 Å². The molecule has 0 fully saturated rings. The summed E-state index contributed by atoms with van der Waals surface area (Å²) in [5.74, 6) is -2.04. The van der Waals surface area contributed by atoms with Gasteiger partial charge in [-0.2, -0.15) is 0 Å². The number of aryl methyl sites for hydroxylation is 1. The molecule has 0 spiro atoms. The largest absolute Gasteiger partial charge is 0.431 e. The standard InChI is InChI=1S/C17H11Cl4NO3/c1-9-6-11(18)7-10-8-22-13-5-3-2-4-12(13)15(23)25-17(22,16(19,20)21)24-14(9)10/h2-7H,8H2,1H3. The number of carbonyl (C=O) groups excluding carboxylic acids is 1. The van der Waals surface area contributed by atoms with Crippen molar-refractivity contribution < 1.29 is 14.3 Å². The first-order chi connectivity index (χ1) is 11.7. The molecular weight excluding hydrogens is 408 g/mol. The second kappa shape index (κ2) is 5.58. The number of hydrogen-bond acceptors (Lipinski definition) is 4. The highest BCUT2D eigenvalue weighted by atomic mass is 35.6. The Morgan fingerprint density at radius 2 is 1.88 bits per heavy atom. The first-order valence-electron chi connectivity index (χ1n) is 7.38. The van der Waals surface area contributed by atoms with Gasteiger partial charge in [-0.15, -0.1) is 0 Å². The van der Waals surface area contributed by atoms with E-state index >= 15 is 0 Å². The van der Waals surface area contributed by atoms with Gasteiger partial charge in [-0.3, -0.25) is 4.90 Å². The molecule has 2 aliphatic rings. The summed E-state index contributed by atoms with van der Waals surface area (Å²) in [6.07, 6.45) is 0. The molecule has 0 aromatic heterocycles. The third-order valence-corrected chi connectivity index (χ3v) is 5.18. The molecule has 0 saturated heterocycles. The molecule has 0 radical (unpaired) electrons. The summed E-state index contributed by atoms with van der Waals surface area (Å²) in [5.41, 5.74) is 2.50. The number of esters is 1. The molecule has 1 atom stereocenters. The predicted molar refractivity (Wildman–Crippen MR) is 97.9 cm³/mol. The zero-order chi connectivity index (χ0) is 18.0. The maximum absolute atomic E-state index is 12.5. The zero-order valence-corrected chi connectivity index (χ0v) is 15.9. The lowest BCUT2D eigenvalue weighted by Gasteiger charge is -2.52. The highest BCUT2D eigenvalue weighted by molar-refractivity contribution is 6.68. The van der Waals surface area contributed by atoms with Crippen molar-refractivity contribution in [2.45, 2.75) is 23.2 Å². The van der Waals surface area contributed by atoms with Gasteiger partial charge >= 0.3 is 11.9 Å². The van der Waals surface area contributed by atoms with Crippen LogP contribution in [0, 0.1) is 6.92 Å². The van der Waals surface area contributed by atoms with Gasteiger partial charge in [-0.05, 0) is 36.8 Å². The van der Waals surface area contributed by atoms with Crippen molar-refractivity contribution in [3.63, 3.8) is 0 Å². The van der Waals surface area contributed by atoms with Crippen molar-refractivity contribution in [3.05, 3.63) is 58.1 Å². The molecule has 0 saturated carbocycles. The van der Waals surface area contributed by atoms with Gasteiger partial charge in [-0.25, -0.2) is 4.79 Å². The average molecular weight is 419 g/mol. The third-order valence-electron chi connectivity index (χ3n) is 4.24. The molecule has 4 nitrogen and oxygen atoms in total. The molecule has 1 unspecified atom stereocenters. The molecule has 4 rings (SSSR count). The number of halogens is 4. The Hall–Kier alpha value is -1.33. The Labute approximate surface area is 164 Å². The van der Waals surface area contributed by atoms with E-state index in [9.17, 15) is 4.79 Å². The summed E-state index contributed by atoms with van der Waals surface area (Å²) >= 11 is 24.8. The molecule has 0 aliphatic carbocycles. The van der Waals surface area contributed by atoms with Crippen LogP contribution in [0.5, 0.6) is 5.75 Å². The molecular formula is C17H11Cl4NO3. The molecule has 2 aromatic carbocycles. The number of carbonyl (C=O) groups is 1. The quantitative estimate of drug-likeness (QED) is 0.433. The predicted octanol–water partition coefficient (Wildman–Crippen LogP) is 5.24. The highest BCUT2D eigenvalue weighted by Gasteiger charge is 2.64. The van der Waals surface area contributed by atoms with Gasteiger partial charge in [0, 0.05) is 10.6 Å². The Balaban J connectivity index is 1.98. The van der Waals surface area contributed by atoms with E-state index in [1.807, 2.05) is 6.92 Å². The minimum atomic E-state index is -2.06. The third kappa shape index (κ3) is 2.47. The van der Waals surface area contributed by atoms with Crippen LogP contribution in [0.3, 0.4) is 0 Å². The van der Waals surface area contributed by atoms with Crippen LogP contribution < -0.4 is 9.64 Å². The number of hydrogen-bond donors (Lipinski definition) is 0. The number of anilines is 1. The number of benzene rings is 2. The molecule has 130 valence electrons. The number of nitrogens with zero attached hydrogens (tertiary/aromatic N) is 1. The van der Waals surface area contributed by atoms with Crippen LogP contribution in [0.1, 0.15) is 21.5 Å². The Morgan fingerprint density at radius 3 is 2.60 bits per heavy atom. The fourth-order valence-corrected chi connectivity index (χ4v) is 4.01. The Kier molecular flexibility index (Phi) is 3.82. The topological polar surface area (TPSA) is 38.8 Å². The fraction of sp³-hybridized carbons (Fsp3) is 0.235. The molecule has 0 amide bonds. The lowest BCUT2D eigenvalue weighted by molar-refractivity contribution is -0.154. The van der Waals surface area contributed by atoms with Gasteiger partial charge in [0.25, 0.3) is 3.79 Å². The second-order valence-corrected chi connectivity index (χ2v) is 8.60. The number of fused-ring (bicyclic) bond motifs is 4. The number of para-hydroxylation sites is 1. The molecule has 8 heteroatoms. The van der Waals surface area contributed by atoms with E-state index < -0.39 is 15.7 Å². The smallest absolute Gasteiger partial charge is 0.390 e. The summed E-state index contributed by atoms with van der Waals surface area (Å²) < 4.78 is 9.52. The van der Waals surface area contributed by atoms with Crippen molar-refractivity contribution in [1.29, 1.82) is 0 Å². The minimum absolute atomic E-state index is 0.301. The van der Waals surface area contributed by atoms with Gasteiger partial charge in [0.2, 0.25) is 0 Å². The van der Waals surface area contributed by atoms with Crippen LogP contribution in [0.2, 0.25) is 5.02 Å². The molecule has 2 aliphatic heterocycles. The number of ether oxygens (including phenoxy) is 2. The zero-order valence-electron chi connectivity index (χ0n) is 12.9. The lowest BCUT2D eigenvalue weighted by atomic mass is 10.0. The second-order valence-electron chi connectivity index (χ2n) is 5.89. The van der Waals surface area contributed by atoms with Crippen molar-refractivity contribution in [2.75, 3.05) is 4.90 Å². The van der Waals surface area contributed by atoms with Crippen LogP contribution in [0.25, 0.3) is 0 Å². The summed E-state index contributed by atoms with van der Waals surface area (Å²) in [5, 5.41) is 0.573. The average Bonchev–Trinajstić information content (AvgIpc) is 2.53. The summed E-state index contributed by atoms with van der Waals surface area (Å²) in [4.78, 5) is 14.2. The number of rotatable bonds is 0. The summed E-state index contributed by atoms with van der Waals surface area (Å²) in [6.45, 7) is 2.12. The lowest BCUT2D eigenvalue weighted by Crippen LogP contribution is -2.68. The van der Waals surface area contributed by atoms with E-state index in [1.165, 1.54) is 0 Å². The fourth-order valence-electron chi connectivity index (χ4n) is 3.18. The Morgan fingerprint density at radius 1 is 1.16 bits per heavy atom. The monoisotopic (exact) mass is 417 g/mol. The SMILES string of the molecule is Cc1cc(Cl)cc2c1OC1(C(Cl)(Cl)Cl)OC(=O)c3ccccc3N1C2. The van der Waals surface area contributed by atoms with E-state index in [1.54, 1.807) is 41.3 Å². The van der Waals surface area contributed by atoms with E-state index in [2.05, 4.69) is 0 Å². The normalized spacial score (nSPS) is 21.6. The summed E-state index contributed by atoms with van der Waals surface area (Å²) in [6, 6.07) is 10.5. The van der Waals surface area contributed by atoms with Crippen molar-refractivity contribution >= 4 is 58.1 Å². The van der Waals surface area contributed by atoms with Crippen LogP contribution in [0.15, 0.2) is 36.4 Å². The van der Waals surface area contributed by atoms with Crippen molar-refractivity contribution in [1.82, 2.24) is 0 Å². The Bertz CT molecular complexity index is 896.